The summed E-state index contributed by atoms with van der Waals surface area (Å²) in [6.45, 7) is 2.55. The molecule has 2 aromatic carbocycles. The summed E-state index contributed by atoms with van der Waals surface area (Å²) >= 11 is 0. The van der Waals surface area contributed by atoms with E-state index in [9.17, 15) is 9.59 Å². The molecular weight excluding hydrogens is 446 g/mol. The lowest BCUT2D eigenvalue weighted by molar-refractivity contribution is 0.0594. The van der Waals surface area contributed by atoms with Gasteiger partial charge < -0.3 is 38.5 Å². The Balaban J connectivity index is 1.63. The Morgan fingerprint density at radius 1 is 1.03 bits per heavy atom. The number of carbonyl (C=O) groups excluding carboxylic acids is 2. The van der Waals surface area contributed by atoms with E-state index in [0.717, 1.165) is 11.1 Å². The summed E-state index contributed by atoms with van der Waals surface area (Å²) in [5.41, 5.74) is 2.69. The van der Waals surface area contributed by atoms with Crippen molar-refractivity contribution < 1.29 is 42.7 Å². The van der Waals surface area contributed by atoms with Gasteiger partial charge >= 0.3 is 12.1 Å². The highest BCUT2D eigenvalue weighted by molar-refractivity contribution is 5.95. The number of fused-ring (bicyclic) bond motifs is 1. The van der Waals surface area contributed by atoms with Gasteiger partial charge in [-0.3, -0.25) is 0 Å². The fourth-order valence-electron chi connectivity index (χ4n) is 4.04. The van der Waals surface area contributed by atoms with Gasteiger partial charge in [-0.15, -0.1) is 0 Å². The van der Waals surface area contributed by atoms with Crippen LogP contribution in [0.15, 0.2) is 24.3 Å². The highest BCUT2D eigenvalue weighted by atomic mass is 16.7. The third kappa shape index (κ3) is 4.54. The first-order valence-electron chi connectivity index (χ1n) is 10.8. The molecule has 1 fully saturated rings. The second-order valence-corrected chi connectivity index (χ2v) is 7.54. The minimum absolute atomic E-state index is 0.135. The van der Waals surface area contributed by atoms with Gasteiger partial charge in [0, 0.05) is 12.1 Å². The van der Waals surface area contributed by atoms with Gasteiger partial charge in [0.15, 0.2) is 23.0 Å². The maximum Gasteiger partial charge on any atom is 0.407 e. The first kappa shape index (κ1) is 23.5. The van der Waals surface area contributed by atoms with Gasteiger partial charge in [0.25, 0.3) is 0 Å². The Labute approximate surface area is 197 Å². The Morgan fingerprint density at radius 2 is 1.76 bits per heavy atom. The molecule has 1 amide bonds. The van der Waals surface area contributed by atoms with E-state index >= 15 is 0 Å². The van der Waals surface area contributed by atoms with Crippen molar-refractivity contribution >= 4 is 12.1 Å². The van der Waals surface area contributed by atoms with Gasteiger partial charge in [-0.1, -0.05) is 6.07 Å². The number of hydrogen-bond donors (Lipinski definition) is 1. The number of nitrogens with one attached hydrogen (secondary N) is 1. The van der Waals surface area contributed by atoms with Gasteiger partial charge in [-0.2, -0.15) is 0 Å². The molecule has 0 aliphatic carbocycles. The van der Waals surface area contributed by atoms with Crippen LogP contribution in [0.1, 0.15) is 46.2 Å². The van der Waals surface area contributed by atoms with Crippen molar-refractivity contribution in [1.82, 2.24) is 5.32 Å². The Kier molecular flexibility index (Phi) is 6.97. The molecule has 2 aliphatic heterocycles. The molecule has 10 nitrogen and oxygen atoms in total. The monoisotopic (exact) mass is 473 g/mol. The van der Waals surface area contributed by atoms with Crippen LogP contribution in [0.3, 0.4) is 0 Å². The van der Waals surface area contributed by atoms with E-state index in [1.807, 2.05) is 12.1 Å². The van der Waals surface area contributed by atoms with Crippen LogP contribution < -0.4 is 24.3 Å². The van der Waals surface area contributed by atoms with Crippen LogP contribution in [0, 0.1) is 0 Å². The zero-order valence-electron chi connectivity index (χ0n) is 19.5. The average molecular weight is 473 g/mol. The van der Waals surface area contributed by atoms with Crippen LogP contribution >= 0.6 is 0 Å². The molecule has 2 aromatic rings. The van der Waals surface area contributed by atoms with E-state index in [0.29, 0.717) is 42.4 Å². The molecule has 34 heavy (non-hydrogen) atoms. The van der Waals surface area contributed by atoms with Crippen LogP contribution in [-0.4, -0.2) is 53.3 Å². The van der Waals surface area contributed by atoms with Crippen molar-refractivity contribution in [3.8, 4) is 23.0 Å². The lowest BCUT2D eigenvalue weighted by Gasteiger charge is -2.15. The number of methoxy groups -OCH3 is 3. The van der Waals surface area contributed by atoms with Gasteiger partial charge in [-0.25, -0.2) is 9.59 Å². The van der Waals surface area contributed by atoms with E-state index in [4.69, 9.17) is 33.2 Å². The van der Waals surface area contributed by atoms with Crippen molar-refractivity contribution in [2.24, 2.45) is 0 Å². The van der Waals surface area contributed by atoms with Crippen LogP contribution in [0.25, 0.3) is 0 Å². The van der Waals surface area contributed by atoms with Crippen molar-refractivity contribution in [3.05, 3.63) is 46.5 Å². The van der Waals surface area contributed by atoms with E-state index in [2.05, 4.69) is 5.32 Å². The lowest BCUT2D eigenvalue weighted by Crippen LogP contribution is -2.26. The molecule has 1 N–H and O–H groups in total. The van der Waals surface area contributed by atoms with Crippen LogP contribution in [0.4, 0.5) is 4.79 Å². The molecule has 2 atom stereocenters. The third-order valence-electron chi connectivity index (χ3n) is 5.65. The first-order chi connectivity index (χ1) is 16.5. The van der Waals surface area contributed by atoms with Crippen molar-refractivity contribution in [2.75, 3.05) is 41.3 Å². The molecule has 4 rings (SSSR count). The van der Waals surface area contributed by atoms with E-state index in [1.165, 1.54) is 21.3 Å². The molecule has 2 heterocycles. The summed E-state index contributed by atoms with van der Waals surface area (Å²) < 4.78 is 37.9. The van der Waals surface area contributed by atoms with E-state index in [1.54, 1.807) is 19.1 Å². The largest absolute Gasteiger partial charge is 0.493 e. The number of rotatable bonds is 9. The maximum atomic E-state index is 12.6. The SMILES string of the molecule is CCOC(=O)NCCc1cc2c(cc1C1OC1c1ccc(OC)c(OC)c1C(=O)OC)OCO2. The number of benzene rings is 2. The van der Waals surface area contributed by atoms with Crippen molar-refractivity contribution in [3.63, 3.8) is 0 Å². The number of alkyl carbamates (subject to hydrolysis) is 1. The van der Waals surface area contributed by atoms with Crippen molar-refractivity contribution in [1.29, 1.82) is 0 Å². The highest BCUT2D eigenvalue weighted by Crippen LogP contribution is 2.56. The Hall–Kier alpha value is -3.66. The van der Waals surface area contributed by atoms with Crippen LogP contribution in [-0.2, 0) is 20.6 Å². The second-order valence-electron chi connectivity index (χ2n) is 7.54. The van der Waals surface area contributed by atoms with E-state index < -0.39 is 18.2 Å². The molecular formula is C24H27NO9. The number of epoxide rings is 1. The quantitative estimate of drug-likeness (QED) is 0.433. The molecule has 0 saturated carbocycles. The zero-order valence-corrected chi connectivity index (χ0v) is 19.5. The molecule has 10 heteroatoms. The molecule has 0 spiro atoms. The first-order valence-corrected chi connectivity index (χ1v) is 10.8. The minimum atomic E-state index is -0.551. The summed E-state index contributed by atoms with van der Waals surface area (Å²) in [4.78, 5) is 24.3. The minimum Gasteiger partial charge on any atom is -0.493 e. The summed E-state index contributed by atoms with van der Waals surface area (Å²) in [5.74, 6) is 1.40. The van der Waals surface area contributed by atoms with Crippen LogP contribution in [0.2, 0.25) is 0 Å². The summed E-state index contributed by atoms with van der Waals surface area (Å²) in [6, 6.07) is 7.26. The lowest BCUT2D eigenvalue weighted by atomic mass is 9.94. The topological polar surface area (TPSA) is 114 Å². The van der Waals surface area contributed by atoms with Crippen LogP contribution in [0.5, 0.6) is 23.0 Å². The Bertz CT molecular complexity index is 1080. The summed E-state index contributed by atoms with van der Waals surface area (Å²) in [6.07, 6.45) is -0.703. The fraction of sp³-hybridized carbons (Fsp3) is 0.417. The van der Waals surface area contributed by atoms with Gasteiger partial charge in [-0.05, 0) is 42.7 Å². The predicted octanol–water partition coefficient (Wildman–Crippen LogP) is 3.32. The summed E-state index contributed by atoms with van der Waals surface area (Å²) in [7, 11) is 4.27. The molecule has 2 aliphatic rings. The third-order valence-corrected chi connectivity index (χ3v) is 5.65. The number of esters is 1. The number of hydrogen-bond acceptors (Lipinski definition) is 9. The predicted molar refractivity (Wildman–Crippen MR) is 119 cm³/mol. The molecule has 1 saturated heterocycles. The standard InChI is InChI=1S/C24H27NO9/c1-5-31-24(27)25-9-8-13-10-17-18(33-12-32-17)11-15(13)21-20(34-21)14-6-7-16(28-2)22(29-3)19(14)23(26)30-4/h6-7,10-11,20-21H,5,8-9,12H2,1-4H3,(H,25,27). The van der Waals surface area contributed by atoms with Gasteiger partial charge in [0.1, 0.15) is 17.8 Å². The number of amides is 1. The average Bonchev–Trinajstić information content (AvgIpc) is 3.51. The number of ether oxygens (including phenoxy) is 7. The maximum absolute atomic E-state index is 12.6. The molecule has 0 radical (unpaired) electrons. The van der Waals surface area contributed by atoms with E-state index in [-0.39, 0.29) is 24.2 Å². The number of carbonyl (C=O) groups is 2. The van der Waals surface area contributed by atoms with Gasteiger partial charge in [0.05, 0.1) is 27.9 Å². The molecule has 2 unspecified atom stereocenters. The highest BCUT2D eigenvalue weighted by Gasteiger charge is 2.46. The molecule has 182 valence electrons. The summed E-state index contributed by atoms with van der Waals surface area (Å²) in [5, 5.41) is 2.72. The fourth-order valence-corrected chi connectivity index (χ4v) is 4.04. The van der Waals surface area contributed by atoms with Gasteiger partial charge in [0.2, 0.25) is 6.79 Å². The smallest absolute Gasteiger partial charge is 0.407 e. The normalized spacial score (nSPS) is 17.6. The Morgan fingerprint density at radius 3 is 2.44 bits per heavy atom. The van der Waals surface area contributed by atoms with Crippen molar-refractivity contribution in [2.45, 2.75) is 25.6 Å². The molecule has 0 aromatic heterocycles. The second kappa shape index (κ2) is 10.1. The molecule has 0 bridgehead atoms. The zero-order chi connectivity index (χ0) is 24.2.